The van der Waals surface area contributed by atoms with Crippen molar-refractivity contribution in [1.82, 2.24) is 4.31 Å². The highest BCUT2D eigenvalue weighted by molar-refractivity contribution is 7.92. The Labute approximate surface area is 114 Å². The van der Waals surface area contributed by atoms with E-state index < -0.39 is 21.2 Å². The molecule has 0 rings (SSSR count). The van der Waals surface area contributed by atoms with Gasteiger partial charge < -0.3 is 10.5 Å². The van der Waals surface area contributed by atoms with Crippen molar-refractivity contribution in [2.24, 2.45) is 5.73 Å². The summed E-state index contributed by atoms with van der Waals surface area (Å²) in [6, 6.07) is -0.377. The van der Waals surface area contributed by atoms with Crippen molar-refractivity contribution in [3.63, 3.8) is 0 Å². The van der Waals surface area contributed by atoms with Crippen LogP contribution >= 0.6 is 12.2 Å². The number of rotatable bonds is 7. The maximum Gasteiger partial charge on any atom is 0.321 e. The Morgan fingerprint density at radius 2 is 1.94 bits per heavy atom. The Hall–Kier alpha value is -0.730. The largest absolute Gasteiger partial charge is 0.468 e. The molecule has 0 aliphatic rings. The Morgan fingerprint density at radius 3 is 2.22 bits per heavy atom. The fourth-order valence-corrected chi connectivity index (χ4v) is 3.93. The van der Waals surface area contributed by atoms with Gasteiger partial charge in [-0.05, 0) is 20.3 Å². The van der Waals surface area contributed by atoms with Crippen LogP contribution in [-0.2, 0) is 19.6 Å². The molecule has 1 atom stereocenters. The summed E-state index contributed by atoms with van der Waals surface area (Å²) in [7, 11) is -2.54. The van der Waals surface area contributed by atoms with Crippen LogP contribution in [0.25, 0.3) is 0 Å². The molecule has 0 aromatic rings. The molecule has 0 aromatic heterocycles. The average Bonchev–Trinajstić information content (AvgIpc) is 2.24. The van der Waals surface area contributed by atoms with Crippen LogP contribution in [0.5, 0.6) is 0 Å². The van der Waals surface area contributed by atoms with Crippen LogP contribution in [0.4, 0.5) is 0 Å². The SMILES string of the molecule is CCC(C(N)=S)S(=O)(=O)N(CC(=O)OC)C(C)C. The van der Waals surface area contributed by atoms with E-state index in [2.05, 4.69) is 4.74 Å². The summed E-state index contributed by atoms with van der Waals surface area (Å²) in [4.78, 5) is 11.2. The van der Waals surface area contributed by atoms with Crippen LogP contribution in [-0.4, -0.2) is 48.6 Å². The minimum absolute atomic E-state index is 0.0898. The number of nitrogens with zero attached hydrogens (tertiary/aromatic N) is 1. The van der Waals surface area contributed by atoms with Gasteiger partial charge in [0.1, 0.15) is 11.8 Å². The maximum absolute atomic E-state index is 12.3. The number of carbonyl (C=O) groups is 1. The van der Waals surface area contributed by atoms with E-state index in [-0.39, 0.29) is 24.0 Å². The number of ether oxygens (including phenoxy) is 1. The Balaban J connectivity index is 5.34. The molecule has 0 spiro atoms. The molecule has 0 saturated heterocycles. The molecule has 1 unspecified atom stereocenters. The van der Waals surface area contributed by atoms with Gasteiger partial charge in [0.2, 0.25) is 10.0 Å². The highest BCUT2D eigenvalue weighted by Crippen LogP contribution is 2.16. The van der Waals surface area contributed by atoms with Crippen molar-refractivity contribution in [2.75, 3.05) is 13.7 Å². The third-order valence-electron chi connectivity index (χ3n) is 2.46. The van der Waals surface area contributed by atoms with Gasteiger partial charge in [-0.15, -0.1) is 0 Å². The molecule has 106 valence electrons. The Kier molecular flexibility index (Phi) is 6.72. The van der Waals surface area contributed by atoms with Crippen LogP contribution < -0.4 is 5.73 Å². The molecule has 0 aliphatic carbocycles. The van der Waals surface area contributed by atoms with Gasteiger partial charge in [-0.1, -0.05) is 19.1 Å². The molecule has 0 bridgehead atoms. The van der Waals surface area contributed by atoms with Gasteiger partial charge in [-0.3, -0.25) is 4.79 Å². The molecule has 8 heteroatoms. The van der Waals surface area contributed by atoms with Crippen LogP contribution in [0.15, 0.2) is 0 Å². The summed E-state index contributed by atoms with van der Waals surface area (Å²) in [6.45, 7) is 4.69. The second kappa shape index (κ2) is 7.01. The fraction of sp³-hybridized carbons (Fsp3) is 0.800. The topological polar surface area (TPSA) is 89.7 Å². The van der Waals surface area contributed by atoms with Crippen LogP contribution in [0.1, 0.15) is 27.2 Å². The van der Waals surface area contributed by atoms with E-state index in [4.69, 9.17) is 18.0 Å². The van der Waals surface area contributed by atoms with Crippen molar-refractivity contribution in [2.45, 2.75) is 38.5 Å². The van der Waals surface area contributed by atoms with Gasteiger partial charge in [-0.25, -0.2) is 8.42 Å². The lowest BCUT2D eigenvalue weighted by Crippen LogP contribution is -2.49. The number of nitrogens with two attached hydrogens (primary N) is 1. The summed E-state index contributed by atoms with van der Waals surface area (Å²) in [6.07, 6.45) is 0.266. The molecule has 0 amide bonds. The molecular formula is C10H20N2O4S2. The molecule has 18 heavy (non-hydrogen) atoms. The number of hydrogen-bond acceptors (Lipinski definition) is 5. The number of hydrogen-bond donors (Lipinski definition) is 1. The van der Waals surface area contributed by atoms with Gasteiger partial charge in [0.25, 0.3) is 0 Å². The average molecular weight is 296 g/mol. The van der Waals surface area contributed by atoms with Gasteiger partial charge >= 0.3 is 5.97 Å². The first kappa shape index (κ1) is 17.3. The standard InChI is InChI=1S/C10H20N2O4S2/c1-5-8(10(11)17)18(14,15)12(7(2)3)6-9(13)16-4/h7-8H,5-6H2,1-4H3,(H2,11,17). The van der Waals surface area contributed by atoms with E-state index >= 15 is 0 Å². The summed E-state index contributed by atoms with van der Waals surface area (Å²) < 4.78 is 30.2. The van der Waals surface area contributed by atoms with Crippen LogP contribution in [0, 0.1) is 0 Å². The first-order valence-corrected chi connectivity index (χ1v) is 7.46. The second-order valence-electron chi connectivity index (χ2n) is 4.06. The smallest absolute Gasteiger partial charge is 0.321 e. The van der Waals surface area contributed by atoms with Crippen molar-refractivity contribution >= 4 is 33.2 Å². The fourth-order valence-electron chi connectivity index (χ4n) is 1.48. The van der Waals surface area contributed by atoms with E-state index in [1.807, 2.05) is 0 Å². The zero-order valence-corrected chi connectivity index (χ0v) is 12.7. The predicted molar refractivity (Wildman–Crippen MR) is 73.6 cm³/mol. The van der Waals surface area contributed by atoms with Gasteiger partial charge in [0.05, 0.1) is 12.1 Å². The summed E-state index contributed by atoms with van der Waals surface area (Å²) >= 11 is 4.77. The highest BCUT2D eigenvalue weighted by atomic mass is 32.2. The number of sulfonamides is 1. The molecule has 0 radical (unpaired) electrons. The third kappa shape index (κ3) is 4.18. The molecular weight excluding hydrogens is 276 g/mol. The highest BCUT2D eigenvalue weighted by Gasteiger charge is 2.35. The first-order chi connectivity index (χ1) is 8.18. The van der Waals surface area contributed by atoms with Crippen molar-refractivity contribution in [3.05, 3.63) is 0 Å². The number of carbonyl (C=O) groups excluding carboxylic acids is 1. The molecule has 0 fully saturated rings. The number of esters is 1. The van der Waals surface area contributed by atoms with Crippen LogP contribution in [0.3, 0.4) is 0 Å². The molecule has 0 saturated carbocycles. The van der Waals surface area contributed by atoms with Crippen molar-refractivity contribution < 1.29 is 17.9 Å². The zero-order valence-electron chi connectivity index (χ0n) is 11.0. The maximum atomic E-state index is 12.3. The Bertz CT molecular complexity index is 406. The normalized spacial score (nSPS) is 13.7. The number of thiocarbonyl (C=S) groups is 1. The van der Waals surface area contributed by atoms with E-state index in [0.717, 1.165) is 4.31 Å². The monoisotopic (exact) mass is 296 g/mol. The number of methoxy groups -OCH3 is 1. The quantitative estimate of drug-likeness (QED) is 0.535. The van der Waals surface area contributed by atoms with Gasteiger partial charge in [0, 0.05) is 6.04 Å². The van der Waals surface area contributed by atoms with Crippen molar-refractivity contribution in [3.8, 4) is 0 Å². The second-order valence-corrected chi connectivity index (χ2v) is 6.60. The molecule has 0 aromatic carbocycles. The summed E-state index contributed by atoms with van der Waals surface area (Å²) in [5.41, 5.74) is 5.44. The minimum atomic E-state index is -3.75. The molecule has 0 heterocycles. The zero-order chi connectivity index (χ0) is 14.5. The molecule has 2 N–H and O–H groups in total. The molecule has 0 aliphatic heterocycles. The predicted octanol–water partition coefficient (Wildman–Crippen LogP) is 0.264. The minimum Gasteiger partial charge on any atom is -0.468 e. The lowest BCUT2D eigenvalue weighted by molar-refractivity contribution is -0.141. The van der Waals surface area contributed by atoms with E-state index in [1.165, 1.54) is 7.11 Å². The summed E-state index contributed by atoms with van der Waals surface area (Å²) in [5, 5.41) is -0.959. The lowest BCUT2D eigenvalue weighted by Gasteiger charge is -2.28. The lowest BCUT2D eigenvalue weighted by atomic mass is 10.3. The van der Waals surface area contributed by atoms with E-state index in [9.17, 15) is 13.2 Å². The van der Waals surface area contributed by atoms with Crippen molar-refractivity contribution in [1.29, 1.82) is 0 Å². The van der Waals surface area contributed by atoms with E-state index in [0.29, 0.717) is 0 Å². The van der Waals surface area contributed by atoms with Crippen LogP contribution in [0.2, 0.25) is 0 Å². The van der Waals surface area contributed by atoms with Gasteiger partial charge in [0.15, 0.2) is 0 Å². The Morgan fingerprint density at radius 1 is 1.44 bits per heavy atom. The van der Waals surface area contributed by atoms with Gasteiger partial charge in [-0.2, -0.15) is 4.31 Å². The van der Waals surface area contributed by atoms with E-state index in [1.54, 1.807) is 20.8 Å². The summed E-state index contributed by atoms with van der Waals surface area (Å²) in [5.74, 6) is -0.620. The molecule has 6 nitrogen and oxygen atoms in total. The first-order valence-electron chi connectivity index (χ1n) is 5.55. The third-order valence-corrected chi connectivity index (χ3v) is 5.41.